The molecule has 18 heavy (non-hydrogen) atoms. The van der Waals surface area contributed by atoms with Crippen molar-refractivity contribution in [1.82, 2.24) is 5.43 Å². The van der Waals surface area contributed by atoms with Crippen LogP contribution in [0.1, 0.15) is 37.4 Å². The van der Waals surface area contributed by atoms with E-state index in [-0.39, 0.29) is 11.5 Å². The Balaban J connectivity index is 3.31. The first-order valence-electron chi connectivity index (χ1n) is 5.64. The second-order valence-corrected chi connectivity index (χ2v) is 4.26. The predicted molar refractivity (Wildman–Crippen MR) is 60.9 cm³/mol. The van der Waals surface area contributed by atoms with Gasteiger partial charge in [0.25, 0.3) is 0 Å². The fraction of sp³-hybridized carbons (Fsp3) is 0.500. The highest BCUT2D eigenvalue weighted by molar-refractivity contribution is 5.33. The smallest absolute Gasteiger partial charge is 0.271 e. The van der Waals surface area contributed by atoms with Gasteiger partial charge in [-0.05, 0) is 29.7 Å². The summed E-state index contributed by atoms with van der Waals surface area (Å²) in [6, 6.07) is 1.70. The quantitative estimate of drug-likeness (QED) is 0.497. The monoisotopic (exact) mass is 264 g/mol. The van der Waals surface area contributed by atoms with Gasteiger partial charge in [0.1, 0.15) is 5.82 Å². The number of rotatable bonds is 4. The summed E-state index contributed by atoms with van der Waals surface area (Å²) in [5.41, 5.74) is 1.33. The number of hydrazine groups is 1. The van der Waals surface area contributed by atoms with Crippen molar-refractivity contribution in [3.63, 3.8) is 0 Å². The summed E-state index contributed by atoms with van der Waals surface area (Å²) in [6.07, 6.45) is -3.89. The Labute approximate surface area is 103 Å². The third kappa shape index (κ3) is 3.20. The number of benzene rings is 1. The first-order valence-corrected chi connectivity index (χ1v) is 5.64. The largest absolute Gasteiger partial charge is 0.416 e. The molecular weight excluding hydrogens is 248 g/mol. The number of nitrogens with two attached hydrogens (primary N) is 1. The molecule has 2 nitrogen and oxygen atoms in total. The number of hydrogen-bond acceptors (Lipinski definition) is 2. The van der Waals surface area contributed by atoms with Gasteiger partial charge in [0, 0.05) is 6.04 Å². The average molecular weight is 264 g/mol. The molecule has 0 heterocycles. The van der Waals surface area contributed by atoms with Crippen molar-refractivity contribution in [2.45, 2.75) is 32.5 Å². The molecule has 0 spiro atoms. The van der Waals surface area contributed by atoms with E-state index in [0.717, 1.165) is 18.2 Å². The normalized spacial score (nSPS) is 15.5. The van der Waals surface area contributed by atoms with E-state index in [9.17, 15) is 17.6 Å². The van der Waals surface area contributed by atoms with Crippen molar-refractivity contribution in [2.24, 2.45) is 11.8 Å². The molecule has 0 amide bonds. The summed E-state index contributed by atoms with van der Waals surface area (Å²) in [4.78, 5) is 0. The van der Waals surface area contributed by atoms with Crippen molar-refractivity contribution in [3.8, 4) is 0 Å². The molecule has 0 radical (unpaired) electrons. The Morgan fingerprint density at radius 3 is 2.39 bits per heavy atom. The number of alkyl halides is 3. The van der Waals surface area contributed by atoms with Crippen molar-refractivity contribution in [2.75, 3.05) is 0 Å². The van der Waals surface area contributed by atoms with Crippen LogP contribution in [0, 0.1) is 11.7 Å². The van der Waals surface area contributed by atoms with Crippen molar-refractivity contribution < 1.29 is 17.6 Å². The standard InChI is InChI=1S/C12H16F4N2/c1-3-7(2)11(18-17)9-6-8(13)4-5-10(9)12(14,15)16/h4-7,11,18H,3,17H2,1-2H3. The maximum absolute atomic E-state index is 13.2. The lowest BCUT2D eigenvalue weighted by atomic mass is 9.89. The molecule has 1 aromatic carbocycles. The highest BCUT2D eigenvalue weighted by atomic mass is 19.4. The topological polar surface area (TPSA) is 38.0 Å². The Morgan fingerprint density at radius 1 is 1.33 bits per heavy atom. The molecule has 0 aliphatic heterocycles. The molecule has 0 aliphatic rings. The zero-order valence-corrected chi connectivity index (χ0v) is 10.2. The Hall–Kier alpha value is -1.14. The van der Waals surface area contributed by atoms with Crippen molar-refractivity contribution >= 4 is 0 Å². The molecule has 0 aliphatic carbocycles. The van der Waals surface area contributed by atoms with E-state index < -0.39 is 23.6 Å². The zero-order chi connectivity index (χ0) is 13.9. The maximum atomic E-state index is 13.2. The van der Waals surface area contributed by atoms with Crippen LogP contribution in [0.15, 0.2) is 18.2 Å². The maximum Gasteiger partial charge on any atom is 0.416 e. The molecule has 2 atom stereocenters. The van der Waals surface area contributed by atoms with Crippen molar-refractivity contribution in [3.05, 3.63) is 35.1 Å². The fourth-order valence-corrected chi connectivity index (χ4v) is 1.85. The lowest BCUT2D eigenvalue weighted by Crippen LogP contribution is -2.34. The van der Waals surface area contributed by atoms with E-state index in [2.05, 4.69) is 5.43 Å². The molecule has 0 aromatic heterocycles. The van der Waals surface area contributed by atoms with Gasteiger partial charge in [-0.15, -0.1) is 0 Å². The van der Waals surface area contributed by atoms with Crippen molar-refractivity contribution in [1.29, 1.82) is 0 Å². The first-order chi connectivity index (χ1) is 8.31. The van der Waals surface area contributed by atoms with E-state index in [1.54, 1.807) is 6.92 Å². The van der Waals surface area contributed by atoms with Gasteiger partial charge in [-0.25, -0.2) is 4.39 Å². The lowest BCUT2D eigenvalue weighted by Gasteiger charge is -2.25. The molecule has 1 rings (SSSR count). The summed E-state index contributed by atoms with van der Waals surface area (Å²) in [5, 5.41) is 0. The zero-order valence-electron chi connectivity index (χ0n) is 10.2. The highest BCUT2D eigenvalue weighted by Crippen LogP contribution is 2.37. The van der Waals surface area contributed by atoms with Crippen LogP contribution in [-0.2, 0) is 6.18 Å². The van der Waals surface area contributed by atoms with Crippen LogP contribution < -0.4 is 11.3 Å². The van der Waals surface area contributed by atoms with Gasteiger partial charge in [0.15, 0.2) is 0 Å². The van der Waals surface area contributed by atoms with Crippen LogP contribution >= 0.6 is 0 Å². The summed E-state index contributed by atoms with van der Waals surface area (Å²) >= 11 is 0. The van der Waals surface area contributed by atoms with Crippen LogP contribution in [0.5, 0.6) is 0 Å². The van der Waals surface area contributed by atoms with Crippen LogP contribution in [0.3, 0.4) is 0 Å². The van der Waals surface area contributed by atoms with Crippen LogP contribution in [0.2, 0.25) is 0 Å². The van der Waals surface area contributed by atoms with Gasteiger partial charge in [0.2, 0.25) is 0 Å². The molecule has 0 bridgehead atoms. The van der Waals surface area contributed by atoms with E-state index in [1.165, 1.54) is 0 Å². The minimum atomic E-state index is -4.52. The summed E-state index contributed by atoms with van der Waals surface area (Å²) in [7, 11) is 0. The Bertz CT molecular complexity index is 404. The summed E-state index contributed by atoms with van der Waals surface area (Å²) in [6.45, 7) is 3.59. The molecule has 0 fully saturated rings. The highest BCUT2D eigenvalue weighted by Gasteiger charge is 2.36. The lowest BCUT2D eigenvalue weighted by molar-refractivity contribution is -0.138. The van der Waals surface area contributed by atoms with Crippen LogP contribution in [-0.4, -0.2) is 0 Å². The molecule has 3 N–H and O–H groups in total. The molecule has 2 unspecified atom stereocenters. The third-order valence-corrected chi connectivity index (χ3v) is 3.05. The van der Waals surface area contributed by atoms with E-state index in [1.807, 2.05) is 6.92 Å². The van der Waals surface area contributed by atoms with Crippen LogP contribution in [0.25, 0.3) is 0 Å². The van der Waals surface area contributed by atoms with Gasteiger partial charge in [-0.1, -0.05) is 20.3 Å². The molecule has 1 aromatic rings. The number of nitrogens with one attached hydrogen (secondary N) is 1. The second kappa shape index (κ2) is 5.67. The van der Waals surface area contributed by atoms with Gasteiger partial charge >= 0.3 is 6.18 Å². The molecule has 102 valence electrons. The molecule has 0 saturated heterocycles. The Kier molecular flexibility index (Phi) is 4.70. The molecule has 0 saturated carbocycles. The average Bonchev–Trinajstić information content (AvgIpc) is 2.28. The predicted octanol–water partition coefficient (Wildman–Crippen LogP) is 3.40. The van der Waals surface area contributed by atoms with E-state index in [0.29, 0.717) is 6.42 Å². The molecular formula is C12H16F4N2. The van der Waals surface area contributed by atoms with Gasteiger partial charge in [-0.2, -0.15) is 13.2 Å². The third-order valence-electron chi connectivity index (χ3n) is 3.05. The van der Waals surface area contributed by atoms with Gasteiger partial charge < -0.3 is 0 Å². The minimum absolute atomic E-state index is 0.141. The fourth-order valence-electron chi connectivity index (χ4n) is 1.85. The summed E-state index contributed by atoms with van der Waals surface area (Å²) in [5.74, 6) is 4.46. The molecule has 6 heteroatoms. The SMILES string of the molecule is CCC(C)C(NN)c1cc(F)ccc1C(F)(F)F. The number of hydrogen-bond donors (Lipinski definition) is 2. The minimum Gasteiger partial charge on any atom is -0.271 e. The number of halogens is 4. The summed E-state index contributed by atoms with van der Waals surface area (Å²) < 4.78 is 51.7. The van der Waals surface area contributed by atoms with Gasteiger partial charge in [-0.3, -0.25) is 11.3 Å². The van der Waals surface area contributed by atoms with Gasteiger partial charge in [0.05, 0.1) is 5.56 Å². The Morgan fingerprint density at radius 2 is 1.94 bits per heavy atom. The van der Waals surface area contributed by atoms with E-state index in [4.69, 9.17) is 5.84 Å². The second-order valence-electron chi connectivity index (χ2n) is 4.26. The van der Waals surface area contributed by atoms with E-state index >= 15 is 0 Å². The first kappa shape index (κ1) is 14.9. The van der Waals surface area contributed by atoms with Crippen LogP contribution in [0.4, 0.5) is 17.6 Å².